The zero-order valence-corrected chi connectivity index (χ0v) is 13.0. The summed E-state index contributed by atoms with van der Waals surface area (Å²) in [6.45, 7) is 1.76. The standard InChI is InChI=1S/C15H14ClN5O2/c1-2-11(15(22)23)21-8-19-12-13(17-7-18-14(12)21)20-10-5-3-9(16)4-6-10/h3-8,11H,2H2,1H3,(H,22,23)(H,17,18,20)/p-1. The van der Waals surface area contributed by atoms with Gasteiger partial charge in [-0.3, -0.25) is 0 Å². The quantitative estimate of drug-likeness (QED) is 0.768. The summed E-state index contributed by atoms with van der Waals surface area (Å²) in [5.74, 6) is -0.679. The molecule has 0 bridgehead atoms. The van der Waals surface area contributed by atoms with Gasteiger partial charge < -0.3 is 19.8 Å². The van der Waals surface area contributed by atoms with Gasteiger partial charge in [-0.25, -0.2) is 15.0 Å². The molecule has 3 aromatic rings. The smallest absolute Gasteiger partial charge is 0.166 e. The Hall–Kier alpha value is -2.67. The molecule has 0 radical (unpaired) electrons. The Morgan fingerprint density at radius 1 is 1.30 bits per heavy atom. The zero-order chi connectivity index (χ0) is 16.4. The highest BCUT2D eigenvalue weighted by molar-refractivity contribution is 6.30. The third-order valence-corrected chi connectivity index (χ3v) is 3.71. The molecule has 8 heteroatoms. The molecule has 2 heterocycles. The number of fused-ring (bicyclic) bond motifs is 1. The second-order valence-corrected chi connectivity index (χ2v) is 5.36. The van der Waals surface area contributed by atoms with Gasteiger partial charge in [-0.2, -0.15) is 0 Å². The summed E-state index contributed by atoms with van der Waals surface area (Å²) in [6, 6.07) is 6.30. The van der Waals surface area contributed by atoms with E-state index in [0.717, 1.165) is 5.69 Å². The summed E-state index contributed by atoms with van der Waals surface area (Å²) in [4.78, 5) is 23.8. The lowest BCUT2D eigenvalue weighted by atomic mass is 10.2. The maximum absolute atomic E-state index is 11.2. The highest BCUT2D eigenvalue weighted by atomic mass is 35.5. The summed E-state index contributed by atoms with van der Waals surface area (Å²) in [7, 11) is 0. The number of imidazole rings is 1. The zero-order valence-electron chi connectivity index (χ0n) is 12.2. The maximum atomic E-state index is 11.2. The van der Waals surface area contributed by atoms with E-state index in [0.29, 0.717) is 28.4 Å². The van der Waals surface area contributed by atoms with E-state index < -0.39 is 12.0 Å². The van der Waals surface area contributed by atoms with Gasteiger partial charge in [-0.05, 0) is 30.7 Å². The largest absolute Gasteiger partial charge is 0.548 e. The van der Waals surface area contributed by atoms with E-state index in [4.69, 9.17) is 11.6 Å². The van der Waals surface area contributed by atoms with Crippen LogP contribution in [0, 0.1) is 0 Å². The molecule has 2 aromatic heterocycles. The van der Waals surface area contributed by atoms with E-state index in [1.54, 1.807) is 19.1 Å². The molecule has 0 spiro atoms. The number of halogens is 1. The molecular weight excluding hydrogens is 318 g/mol. The van der Waals surface area contributed by atoms with Gasteiger partial charge in [0.05, 0.1) is 18.3 Å². The van der Waals surface area contributed by atoms with Crippen molar-refractivity contribution in [3.63, 3.8) is 0 Å². The monoisotopic (exact) mass is 330 g/mol. The molecule has 0 aliphatic carbocycles. The third kappa shape index (κ3) is 2.95. The number of benzene rings is 1. The lowest BCUT2D eigenvalue weighted by Crippen LogP contribution is -2.32. The third-order valence-electron chi connectivity index (χ3n) is 3.46. The van der Waals surface area contributed by atoms with Gasteiger partial charge in [0.25, 0.3) is 0 Å². The van der Waals surface area contributed by atoms with Crippen LogP contribution in [0.3, 0.4) is 0 Å². The van der Waals surface area contributed by atoms with Crippen molar-refractivity contribution in [3.05, 3.63) is 41.9 Å². The van der Waals surface area contributed by atoms with E-state index in [1.165, 1.54) is 17.2 Å². The second kappa shape index (κ2) is 6.21. The molecule has 3 rings (SSSR count). The topological polar surface area (TPSA) is 95.8 Å². The predicted molar refractivity (Wildman–Crippen MR) is 84.4 cm³/mol. The van der Waals surface area contributed by atoms with Crippen LogP contribution in [0.2, 0.25) is 5.02 Å². The van der Waals surface area contributed by atoms with Crippen LogP contribution in [-0.2, 0) is 4.79 Å². The Morgan fingerprint density at radius 2 is 2.04 bits per heavy atom. The maximum Gasteiger partial charge on any atom is 0.166 e. The fraction of sp³-hybridized carbons (Fsp3) is 0.200. The Labute approximate surface area is 137 Å². The Balaban J connectivity index is 2.01. The van der Waals surface area contributed by atoms with Crippen molar-refractivity contribution in [1.29, 1.82) is 0 Å². The number of carboxylic acids is 1. The van der Waals surface area contributed by atoms with Crippen LogP contribution < -0.4 is 10.4 Å². The van der Waals surface area contributed by atoms with Gasteiger partial charge >= 0.3 is 0 Å². The lowest BCUT2D eigenvalue weighted by molar-refractivity contribution is -0.310. The summed E-state index contributed by atoms with van der Waals surface area (Å²) in [6.07, 6.45) is 3.18. The van der Waals surface area contributed by atoms with Gasteiger partial charge in [0, 0.05) is 10.7 Å². The molecule has 1 N–H and O–H groups in total. The summed E-state index contributed by atoms with van der Waals surface area (Å²) >= 11 is 5.86. The molecular formula is C15H13ClN5O2-. The molecule has 7 nitrogen and oxygen atoms in total. The van der Waals surface area contributed by atoms with Crippen molar-refractivity contribution in [1.82, 2.24) is 19.5 Å². The molecule has 1 atom stereocenters. The van der Waals surface area contributed by atoms with Crippen LogP contribution in [0.1, 0.15) is 19.4 Å². The van der Waals surface area contributed by atoms with Crippen molar-refractivity contribution < 1.29 is 9.90 Å². The minimum Gasteiger partial charge on any atom is -0.548 e. The van der Waals surface area contributed by atoms with Crippen LogP contribution in [0.25, 0.3) is 11.2 Å². The van der Waals surface area contributed by atoms with Crippen molar-refractivity contribution in [3.8, 4) is 0 Å². The van der Waals surface area contributed by atoms with Crippen LogP contribution in [0.15, 0.2) is 36.9 Å². The van der Waals surface area contributed by atoms with E-state index in [9.17, 15) is 9.90 Å². The number of aliphatic carboxylic acids is 1. The van der Waals surface area contributed by atoms with Crippen LogP contribution in [-0.4, -0.2) is 25.5 Å². The molecule has 0 aliphatic rings. The average molecular weight is 331 g/mol. The molecule has 23 heavy (non-hydrogen) atoms. The summed E-state index contributed by atoms with van der Waals surface area (Å²) < 4.78 is 1.49. The molecule has 0 aliphatic heterocycles. The molecule has 1 unspecified atom stereocenters. The van der Waals surface area contributed by atoms with Gasteiger partial charge in [0.2, 0.25) is 0 Å². The predicted octanol–water partition coefficient (Wildman–Crippen LogP) is 1.92. The molecule has 1 aromatic carbocycles. The van der Waals surface area contributed by atoms with Crippen LogP contribution >= 0.6 is 11.6 Å². The van der Waals surface area contributed by atoms with E-state index >= 15 is 0 Å². The summed E-state index contributed by atoms with van der Waals surface area (Å²) in [5.41, 5.74) is 1.71. The van der Waals surface area contributed by atoms with E-state index in [-0.39, 0.29) is 0 Å². The van der Waals surface area contributed by atoms with Gasteiger partial charge in [0.1, 0.15) is 6.33 Å². The molecule has 0 fully saturated rings. The van der Waals surface area contributed by atoms with E-state index in [2.05, 4.69) is 20.3 Å². The number of nitrogens with one attached hydrogen (secondary N) is 1. The first kappa shape index (κ1) is 15.2. The van der Waals surface area contributed by atoms with Crippen molar-refractivity contribution >= 4 is 40.2 Å². The minimum atomic E-state index is -1.17. The first-order chi connectivity index (χ1) is 11.1. The number of aromatic nitrogens is 4. The van der Waals surface area contributed by atoms with Gasteiger partial charge in [0.15, 0.2) is 17.0 Å². The summed E-state index contributed by atoms with van der Waals surface area (Å²) in [5, 5.41) is 15.0. The van der Waals surface area contributed by atoms with Crippen molar-refractivity contribution in [2.45, 2.75) is 19.4 Å². The molecule has 118 valence electrons. The minimum absolute atomic E-state index is 0.373. The highest BCUT2D eigenvalue weighted by Crippen LogP contribution is 2.25. The van der Waals surface area contributed by atoms with Crippen LogP contribution in [0.4, 0.5) is 11.5 Å². The first-order valence-electron chi connectivity index (χ1n) is 7.01. The number of anilines is 2. The number of nitrogens with zero attached hydrogens (tertiary/aromatic N) is 4. The number of carboxylic acid groups (broad SMARTS) is 1. The Kier molecular flexibility index (Phi) is 4.12. The number of carbonyl (C=O) groups is 1. The number of hydrogen-bond acceptors (Lipinski definition) is 6. The van der Waals surface area contributed by atoms with Crippen LogP contribution in [0.5, 0.6) is 0 Å². The molecule has 0 saturated carbocycles. The second-order valence-electron chi connectivity index (χ2n) is 4.92. The Morgan fingerprint density at radius 3 is 2.70 bits per heavy atom. The van der Waals surface area contributed by atoms with Gasteiger partial charge in [-0.15, -0.1) is 0 Å². The van der Waals surface area contributed by atoms with E-state index in [1.807, 2.05) is 12.1 Å². The fourth-order valence-corrected chi connectivity index (χ4v) is 2.44. The SMILES string of the molecule is CCC(C(=O)[O-])n1cnc2c(Nc3ccc(Cl)cc3)ncnc21. The number of rotatable bonds is 5. The molecule has 0 saturated heterocycles. The molecule has 0 amide bonds. The first-order valence-corrected chi connectivity index (χ1v) is 7.39. The average Bonchev–Trinajstić information content (AvgIpc) is 2.95. The number of hydrogen-bond donors (Lipinski definition) is 1. The van der Waals surface area contributed by atoms with Gasteiger partial charge in [-0.1, -0.05) is 18.5 Å². The van der Waals surface area contributed by atoms with Crippen molar-refractivity contribution in [2.75, 3.05) is 5.32 Å². The highest BCUT2D eigenvalue weighted by Gasteiger charge is 2.16. The Bertz CT molecular complexity index is 847. The lowest BCUT2D eigenvalue weighted by Gasteiger charge is -2.17. The van der Waals surface area contributed by atoms with Crippen molar-refractivity contribution in [2.24, 2.45) is 0 Å². The normalized spacial score (nSPS) is 12.3. The fourth-order valence-electron chi connectivity index (χ4n) is 2.32. The number of carbonyl (C=O) groups excluding carboxylic acids is 1.